The average Bonchev–Trinajstić information content (AvgIpc) is 2.71. The van der Waals surface area contributed by atoms with Crippen LogP contribution in [0.25, 0.3) is 0 Å². The molecule has 0 aromatic heterocycles. The van der Waals surface area contributed by atoms with E-state index in [4.69, 9.17) is 15.9 Å². The van der Waals surface area contributed by atoms with Crippen LogP contribution >= 0.6 is 12.6 Å². The van der Waals surface area contributed by atoms with E-state index < -0.39 is 78.6 Å². The second-order valence-corrected chi connectivity index (χ2v) is 7.52. The van der Waals surface area contributed by atoms with E-state index in [9.17, 15) is 33.9 Å². The Labute approximate surface area is 189 Å². The van der Waals surface area contributed by atoms with E-state index in [1.165, 1.54) is 0 Å². The van der Waals surface area contributed by atoms with Crippen LogP contribution in [0, 0.1) is 5.92 Å². The topological polar surface area (TPSA) is 225 Å². The minimum absolute atomic E-state index is 0.240. The van der Waals surface area contributed by atoms with Gasteiger partial charge in [-0.3, -0.25) is 24.0 Å². The number of amides is 3. The van der Waals surface area contributed by atoms with Crippen molar-refractivity contribution in [1.29, 1.82) is 0 Å². The zero-order valence-corrected chi connectivity index (χ0v) is 18.6. The summed E-state index contributed by atoms with van der Waals surface area (Å²) in [5.41, 5.74) is 5.56. The fraction of sp³-hybridized carbons (Fsp3) is 0.667. The van der Waals surface area contributed by atoms with E-state index in [1.54, 1.807) is 13.8 Å². The Bertz CT molecular complexity index is 719. The van der Waals surface area contributed by atoms with Gasteiger partial charge in [0, 0.05) is 12.2 Å². The number of rotatable bonds is 15. The van der Waals surface area contributed by atoms with E-state index in [2.05, 4.69) is 28.6 Å². The second-order valence-electron chi connectivity index (χ2n) is 7.15. The molecule has 0 rings (SSSR count). The van der Waals surface area contributed by atoms with Gasteiger partial charge in [0.1, 0.15) is 18.1 Å². The highest BCUT2D eigenvalue weighted by atomic mass is 32.1. The molecule has 8 N–H and O–H groups in total. The predicted octanol–water partition coefficient (Wildman–Crippen LogP) is -1.83. The summed E-state index contributed by atoms with van der Waals surface area (Å²) in [4.78, 5) is 70.2. The third kappa shape index (κ3) is 10.4. The molecule has 0 aromatic rings. The van der Waals surface area contributed by atoms with Crippen LogP contribution in [-0.2, 0) is 28.8 Å². The number of nitrogens with two attached hydrogens (primary N) is 1. The molecular formula is C18H30N4O9S. The first kappa shape index (κ1) is 29.1. The highest BCUT2D eigenvalue weighted by molar-refractivity contribution is 7.80. The summed E-state index contributed by atoms with van der Waals surface area (Å²) in [5, 5.41) is 33.6. The second kappa shape index (κ2) is 14.2. The highest BCUT2D eigenvalue weighted by Gasteiger charge is 2.32. The summed E-state index contributed by atoms with van der Waals surface area (Å²) in [6, 6.07) is -5.44. The Hall–Kier alpha value is -2.87. The number of nitrogens with one attached hydrogen (secondary N) is 3. The number of carboxylic acid groups (broad SMARTS) is 3. The molecule has 0 saturated carbocycles. The van der Waals surface area contributed by atoms with Gasteiger partial charge in [0.05, 0.1) is 12.5 Å². The van der Waals surface area contributed by atoms with E-state index in [1.807, 2.05) is 0 Å². The Morgan fingerprint density at radius 1 is 0.875 bits per heavy atom. The van der Waals surface area contributed by atoms with Crippen molar-refractivity contribution >= 4 is 48.3 Å². The molecule has 5 unspecified atom stereocenters. The van der Waals surface area contributed by atoms with E-state index >= 15 is 0 Å². The van der Waals surface area contributed by atoms with Crippen LogP contribution < -0.4 is 21.7 Å². The first-order valence-electron chi connectivity index (χ1n) is 9.77. The Kier molecular flexibility index (Phi) is 13.0. The van der Waals surface area contributed by atoms with Crippen LogP contribution in [-0.4, -0.2) is 80.9 Å². The largest absolute Gasteiger partial charge is 0.481 e. The normalized spacial score (nSPS) is 15.4. The zero-order valence-electron chi connectivity index (χ0n) is 17.7. The smallest absolute Gasteiger partial charge is 0.326 e. The molecule has 0 aliphatic rings. The summed E-state index contributed by atoms with van der Waals surface area (Å²) in [7, 11) is 0. The van der Waals surface area contributed by atoms with Gasteiger partial charge in [-0.15, -0.1) is 0 Å². The Morgan fingerprint density at radius 3 is 1.84 bits per heavy atom. The summed E-state index contributed by atoms with van der Waals surface area (Å²) < 4.78 is 0. The Balaban J connectivity index is 5.28. The number of carbonyl (C=O) groups is 6. The minimum Gasteiger partial charge on any atom is -0.481 e. The quantitative estimate of drug-likeness (QED) is 0.123. The van der Waals surface area contributed by atoms with E-state index in [0.29, 0.717) is 6.42 Å². The van der Waals surface area contributed by atoms with Crippen molar-refractivity contribution in [2.24, 2.45) is 11.7 Å². The van der Waals surface area contributed by atoms with Crippen molar-refractivity contribution in [2.45, 2.75) is 63.7 Å². The molecule has 32 heavy (non-hydrogen) atoms. The van der Waals surface area contributed by atoms with Crippen molar-refractivity contribution in [3.8, 4) is 0 Å². The zero-order chi connectivity index (χ0) is 25.0. The van der Waals surface area contributed by atoms with Crippen LogP contribution in [0.5, 0.6) is 0 Å². The maximum atomic E-state index is 12.5. The van der Waals surface area contributed by atoms with Crippen LogP contribution in [0.4, 0.5) is 0 Å². The molecule has 0 aliphatic carbocycles. The molecule has 0 spiro atoms. The Morgan fingerprint density at radius 2 is 1.41 bits per heavy atom. The van der Waals surface area contributed by atoms with E-state index in [-0.39, 0.29) is 12.2 Å². The van der Waals surface area contributed by atoms with Crippen molar-refractivity contribution in [3.05, 3.63) is 0 Å². The first-order valence-corrected chi connectivity index (χ1v) is 10.4. The number of hydrogen-bond acceptors (Lipinski definition) is 8. The lowest BCUT2D eigenvalue weighted by atomic mass is 9.99. The van der Waals surface area contributed by atoms with E-state index in [0.717, 1.165) is 0 Å². The summed E-state index contributed by atoms with van der Waals surface area (Å²) in [5.74, 6) is -7.34. The molecule has 182 valence electrons. The van der Waals surface area contributed by atoms with Gasteiger partial charge >= 0.3 is 17.9 Å². The van der Waals surface area contributed by atoms with Crippen molar-refractivity contribution in [2.75, 3.05) is 5.75 Å². The monoisotopic (exact) mass is 478 g/mol. The lowest BCUT2D eigenvalue weighted by molar-refractivity contribution is -0.144. The maximum absolute atomic E-state index is 12.5. The number of carbonyl (C=O) groups excluding carboxylic acids is 3. The molecule has 0 radical (unpaired) electrons. The van der Waals surface area contributed by atoms with Gasteiger partial charge in [-0.1, -0.05) is 20.3 Å². The third-order valence-electron chi connectivity index (χ3n) is 4.61. The van der Waals surface area contributed by atoms with Crippen LogP contribution in [0.1, 0.15) is 39.5 Å². The maximum Gasteiger partial charge on any atom is 0.326 e. The van der Waals surface area contributed by atoms with Gasteiger partial charge in [0.15, 0.2) is 0 Å². The lowest BCUT2D eigenvalue weighted by Crippen LogP contribution is -2.58. The predicted molar refractivity (Wildman–Crippen MR) is 114 cm³/mol. The van der Waals surface area contributed by atoms with Gasteiger partial charge in [-0.2, -0.15) is 12.6 Å². The molecule has 5 atom stereocenters. The minimum atomic E-state index is -1.61. The molecule has 0 aromatic carbocycles. The molecule has 3 amide bonds. The molecule has 0 fully saturated rings. The molecule has 0 saturated heterocycles. The van der Waals surface area contributed by atoms with Gasteiger partial charge in [0.2, 0.25) is 17.7 Å². The standard InChI is InChI=1S/C18H30N4O9S/c1-3-8(2)14(18(30)31)22-17(29)11(7-32)21-16(28)10(6-13(25)26)20-15(27)9(19)4-5-12(23)24/h8-11,14,32H,3-7,19H2,1-2H3,(H,20,27)(H,21,28)(H,22,29)(H,23,24)(H,25,26)(H,30,31). The number of carboxylic acids is 3. The SMILES string of the molecule is CCC(C)C(NC(=O)C(CS)NC(=O)C(CC(=O)O)NC(=O)C(N)CCC(=O)O)C(=O)O. The van der Waals surface area contributed by atoms with Crippen molar-refractivity contribution in [3.63, 3.8) is 0 Å². The van der Waals surface area contributed by atoms with Gasteiger partial charge in [-0.25, -0.2) is 4.79 Å². The summed E-state index contributed by atoms with van der Waals surface area (Å²) >= 11 is 3.96. The molecule has 0 aliphatic heterocycles. The third-order valence-corrected chi connectivity index (χ3v) is 4.98. The summed E-state index contributed by atoms with van der Waals surface area (Å²) in [6.45, 7) is 3.37. The number of hydrogen-bond donors (Lipinski definition) is 8. The molecule has 0 heterocycles. The lowest BCUT2D eigenvalue weighted by Gasteiger charge is -2.25. The van der Waals surface area contributed by atoms with Crippen molar-refractivity contribution < 1.29 is 44.1 Å². The molecule has 13 nitrogen and oxygen atoms in total. The number of aliphatic carboxylic acids is 3. The average molecular weight is 479 g/mol. The van der Waals surface area contributed by atoms with Crippen LogP contribution in [0.2, 0.25) is 0 Å². The first-order chi connectivity index (χ1) is 14.8. The fourth-order valence-electron chi connectivity index (χ4n) is 2.48. The number of thiol groups is 1. The molecular weight excluding hydrogens is 448 g/mol. The van der Waals surface area contributed by atoms with Crippen molar-refractivity contribution in [1.82, 2.24) is 16.0 Å². The van der Waals surface area contributed by atoms with Gasteiger partial charge in [-0.05, 0) is 12.3 Å². The van der Waals surface area contributed by atoms with Crippen LogP contribution in [0.3, 0.4) is 0 Å². The van der Waals surface area contributed by atoms with Gasteiger partial charge < -0.3 is 37.0 Å². The highest BCUT2D eigenvalue weighted by Crippen LogP contribution is 2.08. The summed E-state index contributed by atoms with van der Waals surface area (Å²) in [6.07, 6.45) is -1.03. The van der Waals surface area contributed by atoms with Gasteiger partial charge in [0.25, 0.3) is 0 Å². The fourth-order valence-corrected chi connectivity index (χ4v) is 2.73. The molecule has 14 heteroatoms. The van der Waals surface area contributed by atoms with Crippen LogP contribution in [0.15, 0.2) is 0 Å². The molecule has 0 bridgehead atoms.